The number of hydrogen-bond acceptors (Lipinski definition) is 6. The number of aliphatic hydroxyl groups is 2. The topological polar surface area (TPSA) is 110 Å². The van der Waals surface area contributed by atoms with Crippen LogP contribution in [0.15, 0.2) is 24.1 Å². The van der Waals surface area contributed by atoms with Crippen LogP contribution < -0.4 is 5.73 Å². The molecule has 0 unspecified atom stereocenters. The minimum Gasteiger partial charge on any atom is -0.392 e. The molecule has 0 aromatic carbocycles. The molecule has 96 valence electrons. The van der Waals surface area contributed by atoms with E-state index in [9.17, 15) is 4.39 Å². The van der Waals surface area contributed by atoms with E-state index in [-0.39, 0.29) is 17.9 Å². The number of halogens is 1. The van der Waals surface area contributed by atoms with Crippen LogP contribution in [-0.4, -0.2) is 42.9 Å². The highest BCUT2D eigenvalue weighted by molar-refractivity contribution is 5.81. The summed E-state index contributed by atoms with van der Waals surface area (Å²) >= 11 is 0. The summed E-state index contributed by atoms with van der Waals surface area (Å²) < 4.78 is 15.1. The molecule has 0 bridgehead atoms. The number of nitrogen functional groups attached to an aromatic ring is 1. The number of hydrogen-bond donors (Lipinski definition) is 3. The maximum atomic E-state index is 13.7. The molecular formula is C10H12FN5O2. The first-order valence-corrected chi connectivity index (χ1v) is 5.16. The van der Waals surface area contributed by atoms with Gasteiger partial charge in [0.05, 0.1) is 26.1 Å². The molecule has 0 aliphatic heterocycles. The van der Waals surface area contributed by atoms with E-state index >= 15 is 0 Å². The number of anilines is 1. The van der Waals surface area contributed by atoms with Crippen molar-refractivity contribution in [3.05, 3.63) is 24.1 Å². The standard InChI is InChI=1S/C10H12FN5O2/c11-7(6(2-17)3-18)1-16-5-15-8-9(12)13-4-14-10(8)16/h4-5,17-18H,1-3H2,(H2,12,13,14). The Morgan fingerprint density at radius 2 is 2.00 bits per heavy atom. The van der Waals surface area contributed by atoms with E-state index in [0.717, 1.165) is 0 Å². The fraction of sp³-hybridized carbons (Fsp3) is 0.300. The average Bonchev–Trinajstić information content (AvgIpc) is 2.76. The molecule has 2 aromatic heterocycles. The third-order valence-corrected chi connectivity index (χ3v) is 2.50. The van der Waals surface area contributed by atoms with Crippen molar-refractivity contribution in [3.63, 3.8) is 0 Å². The van der Waals surface area contributed by atoms with Crippen molar-refractivity contribution in [2.24, 2.45) is 0 Å². The van der Waals surface area contributed by atoms with Crippen LogP contribution in [0.4, 0.5) is 10.2 Å². The Morgan fingerprint density at radius 1 is 1.28 bits per heavy atom. The minimum atomic E-state index is -0.628. The summed E-state index contributed by atoms with van der Waals surface area (Å²) in [6.07, 6.45) is 2.64. The Bertz CT molecular complexity index is 589. The molecule has 0 radical (unpaired) electrons. The summed E-state index contributed by atoms with van der Waals surface area (Å²) in [5.74, 6) is -0.413. The molecule has 0 atom stereocenters. The number of fused-ring (bicyclic) bond motifs is 1. The third kappa shape index (κ3) is 2.15. The van der Waals surface area contributed by atoms with Gasteiger partial charge in [-0.05, 0) is 0 Å². The molecule has 18 heavy (non-hydrogen) atoms. The van der Waals surface area contributed by atoms with Crippen molar-refractivity contribution in [2.75, 3.05) is 18.9 Å². The van der Waals surface area contributed by atoms with Crippen LogP contribution in [0.25, 0.3) is 11.2 Å². The maximum Gasteiger partial charge on any atom is 0.165 e. The Kier molecular flexibility index (Phi) is 3.49. The Balaban J connectivity index is 2.39. The predicted molar refractivity (Wildman–Crippen MR) is 62.0 cm³/mol. The Labute approximate surface area is 101 Å². The van der Waals surface area contributed by atoms with Gasteiger partial charge in [0.15, 0.2) is 11.5 Å². The molecule has 4 N–H and O–H groups in total. The first-order valence-electron chi connectivity index (χ1n) is 5.16. The first-order chi connectivity index (χ1) is 8.67. The summed E-state index contributed by atoms with van der Waals surface area (Å²) in [6, 6.07) is 0. The second-order valence-electron chi connectivity index (χ2n) is 3.63. The number of aromatic nitrogens is 4. The molecule has 0 fully saturated rings. The summed E-state index contributed by atoms with van der Waals surface area (Å²) in [5.41, 5.74) is 6.31. The minimum absolute atomic E-state index is 0.0705. The van der Waals surface area contributed by atoms with E-state index < -0.39 is 19.0 Å². The lowest BCUT2D eigenvalue weighted by Crippen LogP contribution is -2.06. The second kappa shape index (κ2) is 5.07. The molecule has 2 aromatic rings. The molecule has 0 amide bonds. The van der Waals surface area contributed by atoms with Crippen molar-refractivity contribution < 1.29 is 14.6 Å². The highest BCUT2D eigenvalue weighted by Crippen LogP contribution is 2.17. The first kappa shape index (κ1) is 12.4. The van der Waals surface area contributed by atoms with E-state index in [1.165, 1.54) is 17.2 Å². The van der Waals surface area contributed by atoms with E-state index in [4.69, 9.17) is 15.9 Å². The van der Waals surface area contributed by atoms with Gasteiger partial charge in [-0.15, -0.1) is 0 Å². The smallest absolute Gasteiger partial charge is 0.165 e. The van der Waals surface area contributed by atoms with Crippen molar-refractivity contribution >= 4 is 17.0 Å². The van der Waals surface area contributed by atoms with Gasteiger partial charge in [-0.2, -0.15) is 0 Å². The molecule has 0 saturated heterocycles. The van der Waals surface area contributed by atoms with Crippen molar-refractivity contribution in [3.8, 4) is 0 Å². The molecule has 0 spiro atoms. The molecule has 0 saturated carbocycles. The lowest BCUT2D eigenvalue weighted by molar-refractivity contribution is 0.268. The molecule has 8 heteroatoms. The van der Waals surface area contributed by atoms with Crippen LogP contribution in [0.3, 0.4) is 0 Å². The van der Waals surface area contributed by atoms with Gasteiger partial charge in [0.1, 0.15) is 17.7 Å². The number of nitrogens with two attached hydrogens (primary N) is 1. The number of nitrogens with zero attached hydrogens (tertiary/aromatic N) is 4. The largest absolute Gasteiger partial charge is 0.392 e. The number of rotatable bonds is 4. The summed E-state index contributed by atoms with van der Waals surface area (Å²) in [6.45, 7) is -1.25. The molecular weight excluding hydrogens is 241 g/mol. The fourth-order valence-corrected chi connectivity index (χ4v) is 1.50. The lowest BCUT2D eigenvalue weighted by atomic mass is 10.2. The molecule has 2 rings (SSSR count). The summed E-state index contributed by atoms with van der Waals surface area (Å²) in [7, 11) is 0. The zero-order valence-electron chi connectivity index (χ0n) is 9.41. The number of imidazole rings is 1. The zero-order valence-corrected chi connectivity index (χ0v) is 9.41. The van der Waals surface area contributed by atoms with Gasteiger partial charge in [0.25, 0.3) is 0 Å². The van der Waals surface area contributed by atoms with Gasteiger partial charge < -0.3 is 20.5 Å². The van der Waals surface area contributed by atoms with Crippen LogP contribution in [0.2, 0.25) is 0 Å². The van der Waals surface area contributed by atoms with Gasteiger partial charge in [-0.1, -0.05) is 0 Å². The predicted octanol–water partition coefficient (Wildman–Crippen LogP) is -0.383. The van der Waals surface area contributed by atoms with Crippen molar-refractivity contribution in [1.29, 1.82) is 0 Å². The second-order valence-corrected chi connectivity index (χ2v) is 3.63. The van der Waals surface area contributed by atoms with Gasteiger partial charge in [0.2, 0.25) is 0 Å². The van der Waals surface area contributed by atoms with Gasteiger partial charge in [0, 0.05) is 5.57 Å². The average molecular weight is 253 g/mol. The SMILES string of the molecule is Nc1ncnc2c1ncn2CC(F)=C(CO)CO. The molecule has 2 heterocycles. The maximum absolute atomic E-state index is 13.7. The highest BCUT2D eigenvalue weighted by Gasteiger charge is 2.11. The van der Waals surface area contributed by atoms with E-state index in [0.29, 0.717) is 11.2 Å². The fourth-order valence-electron chi connectivity index (χ4n) is 1.50. The highest BCUT2D eigenvalue weighted by atomic mass is 19.1. The molecule has 7 nitrogen and oxygen atoms in total. The van der Waals surface area contributed by atoms with Crippen LogP contribution in [0.5, 0.6) is 0 Å². The Morgan fingerprint density at radius 3 is 2.67 bits per heavy atom. The molecule has 0 aliphatic carbocycles. The number of aliphatic hydroxyl groups excluding tert-OH is 2. The van der Waals surface area contributed by atoms with Crippen LogP contribution in [0.1, 0.15) is 0 Å². The zero-order chi connectivity index (χ0) is 13.1. The van der Waals surface area contributed by atoms with Crippen LogP contribution >= 0.6 is 0 Å². The normalized spacial score (nSPS) is 10.8. The summed E-state index contributed by atoms with van der Waals surface area (Å²) in [5, 5.41) is 17.7. The quantitative estimate of drug-likeness (QED) is 0.685. The van der Waals surface area contributed by atoms with Crippen molar-refractivity contribution in [2.45, 2.75) is 6.54 Å². The van der Waals surface area contributed by atoms with Crippen LogP contribution in [-0.2, 0) is 6.54 Å². The van der Waals surface area contributed by atoms with Gasteiger partial charge >= 0.3 is 0 Å². The lowest BCUT2D eigenvalue weighted by Gasteiger charge is -2.05. The van der Waals surface area contributed by atoms with E-state index in [1.807, 2.05) is 0 Å². The monoisotopic (exact) mass is 253 g/mol. The third-order valence-electron chi connectivity index (χ3n) is 2.50. The molecule has 0 aliphatic rings. The van der Waals surface area contributed by atoms with Gasteiger partial charge in [-0.3, -0.25) is 0 Å². The van der Waals surface area contributed by atoms with E-state index in [1.54, 1.807) is 0 Å². The summed E-state index contributed by atoms with van der Waals surface area (Å²) in [4.78, 5) is 11.7. The Hall–Kier alpha value is -2.06. The van der Waals surface area contributed by atoms with Crippen molar-refractivity contribution in [1.82, 2.24) is 19.5 Å². The number of allylic oxidation sites excluding steroid dienone is 1. The van der Waals surface area contributed by atoms with E-state index in [2.05, 4.69) is 15.0 Å². The van der Waals surface area contributed by atoms with Gasteiger partial charge in [-0.25, -0.2) is 19.3 Å². The van der Waals surface area contributed by atoms with Crippen LogP contribution in [0, 0.1) is 0 Å².